The summed E-state index contributed by atoms with van der Waals surface area (Å²) in [6, 6.07) is 0.142. The van der Waals surface area contributed by atoms with Crippen LogP contribution in [0.15, 0.2) is 12.7 Å². The molecular formula is C18H33NO3Si. The van der Waals surface area contributed by atoms with E-state index in [-0.39, 0.29) is 34.9 Å². The lowest BCUT2D eigenvalue weighted by Crippen LogP contribution is -2.76. The van der Waals surface area contributed by atoms with Crippen molar-refractivity contribution in [3.63, 3.8) is 0 Å². The van der Waals surface area contributed by atoms with Crippen molar-refractivity contribution in [3.05, 3.63) is 12.7 Å². The number of rotatable bonds is 4. The van der Waals surface area contributed by atoms with Gasteiger partial charge in [-0.2, -0.15) is 0 Å². The number of hydrogen-bond acceptors (Lipinski definition) is 3. The van der Waals surface area contributed by atoms with Crippen LogP contribution in [0.3, 0.4) is 0 Å². The Bertz CT molecular complexity index is 495. The van der Waals surface area contributed by atoms with Crippen LogP contribution < -0.4 is 0 Å². The third kappa shape index (κ3) is 3.03. The minimum absolute atomic E-state index is 0.0685. The first-order valence-electron chi connectivity index (χ1n) is 8.61. The van der Waals surface area contributed by atoms with Gasteiger partial charge in [-0.1, -0.05) is 26.8 Å². The Balaban J connectivity index is 2.20. The van der Waals surface area contributed by atoms with Gasteiger partial charge in [0.1, 0.15) is 5.72 Å². The van der Waals surface area contributed by atoms with Crippen molar-refractivity contribution in [2.75, 3.05) is 6.61 Å². The molecule has 2 rings (SSSR count). The molecule has 2 fully saturated rings. The summed E-state index contributed by atoms with van der Waals surface area (Å²) in [5.74, 6) is 0.240. The number of hydrogen-bond donors (Lipinski definition) is 0. The molecule has 0 aromatic rings. The number of carbonyl (C=O) groups is 1. The highest BCUT2D eigenvalue weighted by Crippen LogP contribution is 2.46. The number of amides is 1. The van der Waals surface area contributed by atoms with Crippen molar-refractivity contribution in [2.24, 2.45) is 11.8 Å². The Hall–Kier alpha value is -0.653. The van der Waals surface area contributed by atoms with E-state index in [1.54, 1.807) is 0 Å². The van der Waals surface area contributed by atoms with Gasteiger partial charge in [0.15, 0.2) is 8.32 Å². The van der Waals surface area contributed by atoms with Gasteiger partial charge < -0.3 is 14.1 Å². The van der Waals surface area contributed by atoms with Crippen molar-refractivity contribution in [1.82, 2.24) is 4.90 Å². The quantitative estimate of drug-likeness (QED) is 0.444. The van der Waals surface area contributed by atoms with Gasteiger partial charge in [-0.25, -0.2) is 0 Å². The van der Waals surface area contributed by atoms with Gasteiger partial charge in [0.05, 0.1) is 24.7 Å². The molecule has 0 unspecified atom stereocenters. The van der Waals surface area contributed by atoms with Crippen LogP contribution in [0.4, 0.5) is 0 Å². The predicted molar refractivity (Wildman–Crippen MR) is 95.6 cm³/mol. The fourth-order valence-electron chi connectivity index (χ4n) is 3.48. The van der Waals surface area contributed by atoms with E-state index in [2.05, 4.69) is 47.4 Å². The first-order valence-corrected chi connectivity index (χ1v) is 11.5. The van der Waals surface area contributed by atoms with Crippen LogP contribution in [-0.2, 0) is 14.0 Å². The zero-order valence-corrected chi connectivity index (χ0v) is 17.0. The van der Waals surface area contributed by atoms with Gasteiger partial charge in [0, 0.05) is 5.92 Å². The maximum absolute atomic E-state index is 12.8. The van der Waals surface area contributed by atoms with Gasteiger partial charge in [0.25, 0.3) is 0 Å². The third-order valence-electron chi connectivity index (χ3n) is 5.93. The van der Waals surface area contributed by atoms with E-state index in [1.165, 1.54) is 0 Å². The van der Waals surface area contributed by atoms with E-state index in [0.717, 1.165) is 0 Å². The Kier molecular flexibility index (Phi) is 4.64. The molecule has 0 aromatic carbocycles. The van der Waals surface area contributed by atoms with Gasteiger partial charge in [-0.3, -0.25) is 4.79 Å². The molecule has 0 N–H and O–H groups in total. The Morgan fingerprint density at radius 2 is 2.00 bits per heavy atom. The van der Waals surface area contributed by atoms with Crippen molar-refractivity contribution in [2.45, 2.75) is 77.5 Å². The molecule has 2 heterocycles. The zero-order chi connectivity index (χ0) is 17.8. The molecule has 4 nitrogen and oxygen atoms in total. The first kappa shape index (κ1) is 18.7. The SMILES string of the molecule is C=C[C@@H]1COC(C)(C)N2C(=O)[C@H]([C@@H](C)O[Si](C)(C)C(C)(C)C)[C@@H]12. The molecule has 0 radical (unpaired) electrons. The minimum Gasteiger partial charge on any atom is -0.413 e. The second kappa shape index (κ2) is 5.71. The second-order valence-electron chi connectivity index (χ2n) is 8.97. The van der Waals surface area contributed by atoms with Gasteiger partial charge >= 0.3 is 0 Å². The molecule has 0 aliphatic carbocycles. The summed E-state index contributed by atoms with van der Waals surface area (Å²) in [4.78, 5) is 14.7. The average molecular weight is 340 g/mol. The third-order valence-corrected chi connectivity index (χ3v) is 10.5. The van der Waals surface area contributed by atoms with Crippen LogP contribution in [-0.4, -0.2) is 43.6 Å². The first-order chi connectivity index (χ1) is 10.3. The number of carbonyl (C=O) groups excluding carboxylic acids is 1. The van der Waals surface area contributed by atoms with Crippen molar-refractivity contribution in [1.29, 1.82) is 0 Å². The lowest BCUT2D eigenvalue weighted by molar-refractivity contribution is -0.250. The van der Waals surface area contributed by atoms with E-state index in [9.17, 15) is 4.79 Å². The molecule has 0 aromatic heterocycles. The molecule has 2 aliphatic heterocycles. The highest BCUT2D eigenvalue weighted by Gasteiger charge is 2.61. The molecule has 2 aliphatic rings. The standard InChI is InChI=1S/C18H33NO3Si/c1-10-13-11-21-18(6,7)19-15(13)14(16(19)20)12(2)22-23(8,9)17(3,4)5/h10,12-15H,1,11H2,2-9H3/t12-,13-,14-,15-/m1/s1. The molecule has 132 valence electrons. The summed E-state index contributed by atoms with van der Waals surface area (Å²) < 4.78 is 12.4. The van der Waals surface area contributed by atoms with E-state index >= 15 is 0 Å². The molecule has 0 bridgehead atoms. The smallest absolute Gasteiger partial charge is 0.232 e. The van der Waals surface area contributed by atoms with Crippen LogP contribution in [0.5, 0.6) is 0 Å². The second-order valence-corrected chi connectivity index (χ2v) is 13.7. The normalized spacial score (nSPS) is 32.1. The Labute approximate surface area is 142 Å². The Morgan fingerprint density at radius 1 is 1.43 bits per heavy atom. The molecular weight excluding hydrogens is 306 g/mol. The van der Waals surface area contributed by atoms with Crippen molar-refractivity contribution in [3.8, 4) is 0 Å². The highest BCUT2D eigenvalue weighted by atomic mass is 28.4. The predicted octanol–water partition coefficient (Wildman–Crippen LogP) is 3.79. The zero-order valence-electron chi connectivity index (χ0n) is 16.0. The highest BCUT2D eigenvalue weighted by molar-refractivity contribution is 6.74. The lowest BCUT2D eigenvalue weighted by Gasteiger charge is -2.61. The van der Waals surface area contributed by atoms with E-state index in [1.807, 2.05) is 24.8 Å². The van der Waals surface area contributed by atoms with Crippen LogP contribution in [0.2, 0.25) is 18.1 Å². The Morgan fingerprint density at radius 3 is 2.48 bits per heavy atom. The van der Waals surface area contributed by atoms with Crippen LogP contribution >= 0.6 is 0 Å². The van der Waals surface area contributed by atoms with Crippen LogP contribution in [0, 0.1) is 11.8 Å². The van der Waals surface area contributed by atoms with E-state index < -0.39 is 14.0 Å². The maximum Gasteiger partial charge on any atom is 0.232 e. The number of β-lactam (4-membered cyclic amide) rings is 1. The summed E-state index contributed by atoms with van der Waals surface area (Å²) in [6.45, 7) is 21.7. The van der Waals surface area contributed by atoms with Gasteiger partial charge in [-0.05, 0) is 38.9 Å². The molecule has 5 heteroatoms. The van der Waals surface area contributed by atoms with E-state index in [4.69, 9.17) is 9.16 Å². The summed E-state index contributed by atoms with van der Waals surface area (Å²) in [7, 11) is -1.90. The monoisotopic (exact) mass is 339 g/mol. The van der Waals surface area contributed by atoms with Gasteiger partial charge in [-0.15, -0.1) is 6.58 Å². The summed E-state index contributed by atoms with van der Waals surface area (Å²) in [6.07, 6.45) is 1.85. The van der Waals surface area contributed by atoms with Crippen LogP contribution in [0.1, 0.15) is 41.5 Å². The molecule has 23 heavy (non-hydrogen) atoms. The number of fused-ring (bicyclic) bond motifs is 1. The topological polar surface area (TPSA) is 38.8 Å². The minimum atomic E-state index is -1.90. The lowest BCUT2D eigenvalue weighted by atomic mass is 9.73. The van der Waals surface area contributed by atoms with Crippen molar-refractivity contribution >= 4 is 14.2 Å². The molecule has 2 saturated heterocycles. The molecule has 0 saturated carbocycles. The maximum atomic E-state index is 12.8. The molecule has 1 amide bonds. The summed E-state index contributed by atoms with van der Waals surface area (Å²) in [5.41, 5.74) is -0.533. The summed E-state index contributed by atoms with van der Waals surface area (Å²) in [5, 5.41) is 0.139. The van der Waals surface area contributed by atoms with Gasteiger partial charge in [0.2, 0.25) is 5.91 Å². The fourth-order valence-corrected chi connectivity index (χ4v) is 4.91. The van der Waals surface area contributed by atoms with Crippen molar-refractivity contribution < 1.29 is 14.0 Å². The van der Waals surface area contributed by atoms with E-state index in [0.29, 0.717) is 6.61 Å². The largest absolute Gasteiger partial charge is 0.413 e. The molecule has 4 atom stereocenters. The van der Waals surface area contributed by atoms with Crippen LogP contribution in [0.25, 0.3) is 0 Å². The number of ether oxygens (including phenoxy) is 1. The average Bonchev–Trinajstić information content (AvgIpc) is 2.34. The summed E-state index contributed by atoms with van der Waals surface area (Å²) >= 11 is 0. The molecule has 0 spiro atoms. The fraction of sp³-hybridized carbons (Fsp3) is 0.833. The number of nitrogens with zero attached hydrogens (tertiary/aromatic N) is 1.